The topological polar surface area (TPSA) is 63.6 Å². The molecule has 0 aliphatic rings. The molecule has 0 aromatic heterocycles. The molecule has 0 spiro atoms. The molecule has 0 atom stereocenters. The van der Waals surface area contributed by atoms with E-state index in [1.54, 1.807) is 24.3 Å². The molecule has 0 aliphatic carbocycles. The zero-order chi connectivity index (χ0) is 13.8. The highest BCUT2D eigenvalue weighted by Gasteiger charge is 2.17. The summed E-state index contributed by atoms with van der Waals surface area (Å²) in [5.74, 6) is 0.0997. The molecular weight excluding hydrogens is 244 g/mol. The van der Waals surface area contributed by atoms with Gasteiger partial charge in [0.2, 0.25) is 0 Å². The quantitative estimate of drug-likeness (QED) is 0.854. The van der Waals surface area contributed by atoms with Gasteiger partial charge in [0.05, 0.1) is 7.11 Å². The first-order valence-corrected chi connectivity index (χ1v) is 5.62. The number of carbonyl (C=O) groups excluding carboxylic acids is 2. The summed E-state index contributed by atoms with van der Waals surface area (Å²) in [6.45, 7) is 0. The van der Waals surface area contributed by atoms with Gasteiger partial charge in [0.15, 0.2) is 24.1 Å². The van der Waals surface area contributed by atoms with Crippen molar-refractivity contribution in [2.75, 3.05) is 7.11 Å². The van der Waals surface area contributed by atoms with Gasteiger partial charge in [-0.05, 0) is 17.7 Å². The normalized spacial score (nSPS) is 9.95. The highest BCUT2D eigenvalue weighted by Crippen LogP contribution is 2.40. The minimum atomic E-state index is -0.0798. The second-order valence-corrected chi connectivity index (χ2v) is 3.91. The van der Waals surface area contributed by atoms with Crippen molar-refractivity contribution in [2.45, 2.75) is 0 Å². The molecule has 1 N–H and O–H groups in total. The zero-order valence-electron chi connectivity index (χ0n) is 10.3. The maximum absolute atomic E-state index is 11.2. The lowest BCUT2D eigenvalue weighted by Crippen LogP contribution is -1.97. The van der Waals surface area contributed by atoms with Crippen molar-refractivity contribution >= 4 is 12.6 Å². The number of phenolic OH excluding ortho intramolecular Hbond substituents is 1. The van der Waals surface area contributed by atoms with Crippen LogP contribution in [0.15, 0.2) is 36.4 Å². The fraction of sp³-hybridized carbons (Fsp3) is 0.0667. The number of phenols is 1. The first-order chi connectivity index (χ1) is 9.22. The molecule has 0 saturated carbocycles. The molecule has 2 rings (SSSR count). The standard InChI is InChI=1S/C15H12O4/c1-19-15-13(18)7-6-11(9-17)14(15)12-5-3-2-4-10(12)8-16/h2-9,18H,1H3. The Morgan fingerprint density at radius 1 is 1.00 bits per heavy atom. The van der Waals surface area contributed by atoms with Crippen LogP contribution in [0.2, 0.25) is 0 Å². The third-order valence-corrected chi connectivity index (χ3v) is 2.86. The lowest BCUT2D eigenvalue weighted by Gasteiger charge is -2.14. The monoisotopic (exact) mass is 256 g/mol. The van der Waals surface area contributed by atoms with E-state index in [4.69, 9.17) is 4.74 Å². The molecule has 0 amide bonds. The van der Waals surface area contributed by atoms with Crippen molar-refractivity contribution in [2.24, 2.45) is 0 Å². The summed E-state index contributed by atoms with van der Waals surface area (Å²) in [4.78, 5) is 22.2. The Labute approximate surface area is 110 Å². The van der Waals surface area contributed by atoms with Crippen LogP contribution in [0.5, 0.6) is 11.5 Å². The Balaban J connectivity index is 2.83. The molecular formula is C15H12O4. The Bertz CT molecular complexity index is 632. The summed E-state index contributed by atoms with van der Waals surface area (Å²) in [7, 11) is 1.40. The van der Waals surface area contributed by atoms with Crippen molar-refractivity contribution < 1.29 is 19.4 Å². The van der Waals surface area contributed by atoms with Crippen LogP contribution in [-0.2, 0) is 0 Å². The molecule has 4 heteroatoms. The lowest BCUT2D eigenvalue weighted by atomic mass is 9.95. The number of benzene rings is 2. The molecule has 0 saturated heterocycles. The second kappa shape index (κ2) is 5.35. The Hall–Kier alpha value is -2.62. The van der Waals surface area contributed by atoms with Gasteiger partial charge in [-0.1, -0.05) is 24.3 Å². The van der Waals surface area contributed by atoms with E-state index in [0.717, 1.165) is 0 Å². The van der Waals surface area contributed by atoms with Crippen LogP contribution in [0.1, 0.15) is 20.7 Å². The van der Waals surface area contributed by atoms with Crippen LogP contribution in [-0.4, -0.2) is 24.8 Å². The number of ether oxygens (including phenoxy) is 1. The third-order valence-electron chi connectivity index (χ3n) is 2.86. The lowest BCUT2D eigenvalue weighted by molar-refractivity contribution is 0.111. The van der Waals surface area contributed by atoms with E-state index in [1.807, 2.05) is 0 Å². The van der Waals surface area contributed by atoms with E-state index in [9.17, 15) is 14.7 Å². The highest BCUT2D eigenvalue weighted by atomic mass is 16.5. The number of aromatic hydroxyl groups is 1. The number of aldehydes is 2. The molecule has 19 heavy (non-hydrogen) atoms. The Kier molecular flexibility index (Phi) is 3.61. The van der Waals surface area contributed by atoms with E-state index in [-0.39, 0.29) is 11.5 Å². The first kappa shape index (κ1) is 12.8. The summed E-state index contributed by atoms with van der Waals surface area (Å²) >= 11 is 0. The largest absolute Gasteiger partial charge is 0.504 e. The molecule has 0 radical (unpaired) electrons. The maximum atomic E-state index is 11.2. The maximum Gasteiger partial charge on any atom is 0.169 e. The molecule has 0 aliphatic heterocycles. The smallest absolute Gasteiger partial charge is 0.169 e. The molecule has 0 unspecified atom stereocenters. The fourth-order valence-corrected chi connectivity index (χ4v) is 2.00. The second-order valence-electron chi connectivity index (χ2n) is 3.91. The van der Waals surface area contributed by atoms with Crippen LogP contribution < -0.4 is 4.74 Å². The van der Waals surface area contributed by atoms with Gasteiger partial charge in [-0.3, -0.25) is 9.59 Å². The van der Waals surface area contributed by atoms with E-state index in [2.05, 4.69) is 0 Å². The minimum absolute atomic E-state index is 0.0798. The number of rotatable bonds is 4. The van der Waals surface area contributed by atoms with Gasteiger partial charge in [-0.25, -0.2) is 0 Å². The van der Waals surface area contributed by atoms with Crippen LogP contribution in [0, 0.1) is 0 Å². The average molecular weight is 256 g/mol. The van der Waals surface area contributed by atoms with Gasteiger partial charge >= 0.3 is 0 Å². The van der Waals surface area contributed by atoms with Crippen molar-refractivity contribution in [1.29, 1.82) is 0 Å². The van der Waals surface area contributed by atoms with Crippen LogP contribution in [0.4, 0.5) is 0 Å². The molecule has 2 aromatic carbocycles. The summed E-state index contributed by atoms with van der Waals surface area (Å²) in [6.07, 6.45) is 1.37. The van der Waals surface area contributed by atoms with Crippen molar-refractivity contribution in [3.05, 3.63) is 47.5 Å². The minimum Gasteiger partial charge on any atom is -0.504 e. The number of methoxy groups -OCH3 is 1. The SMILES string of the molecule is COc1c(O)ccc(C=O)c1-c1ccccc1C=O. The van der Waals surface area contributed by atoms with E-state index in [0.29, 0.717) is 34.8 Å². The molecule has 0 bridgehead atoms. The Morgan fingerprint density at radius 2 is 1.68 bits per heavy atom. The fourth-order valence-electron chi connectivity index (χ4n) is 2.00. The number of hydrogen-bond acceptors (Lipinski definition) is 4. The van der Waals surface area contributed by atoms with Gasteiger partial charge in [-0.15, -0.1) is 0 Å². The van der Waals surface area contributed by atoms with Gasteiger partial charge in [0.1, 0.15) is 0 Å². The number of carbonyl (C=O) groups is 2. The molecule has 2 aromatic rings. The summed E-state index contributed by atoms with van der Waals surface area (Å²) < 4.78 is 5.15. The predicted molar refractivity (Wildman–Crippen MR) is 70.9 cm³/mol. The van der Waals surface area contributed by atoms with Gasteiger partial charge in [0.25, 0.3) is 0 Å². The number of hydrogen-bond donors (Lipinski definition) is 1. The zero-order valence-corrected chi connectivity index (χ0v) is 10.3. The Morgan fingerprint density at radius 3 is 2.32 bits per heavy atom. The van der Waals surface area contributed by atoms with Crippen molar-refractivity contribution in [3.63, 3.8) is 0 Å². The van der Waals surface area contributed by atoms with E-state index < -0.39 is 0 Å². The molecule has 96 valence electrons. The van der Waals surface area contributed by atoms with Crippen LogP contribution >= 0.6 is 0 Å². The van der Waals surface area contributed by atoms with Gasteiger partial charge in [0, 0.05) is 16.7 Å². The summed E-state index contributed by atoms with van der Waals surface area (Å²) in [6, 6.07) is 9.69. The summed E-state index contributed by atoms with van der Waals surface area (Å²) in [5.41, 5.74) is 1.74. The van der Waals surface area contributed by atoms with E-state index in [1.165, 1.54) is 19.2 Å². The van der Waals surface area contributed by atoms with Crippen molar-refractivity contribution in [3.8, 4) is 22.6 Å². The first-order valence-electron chi connectivity index (χ1n) is 5.62. The van der Waals surface area contributed by atoms with E-state index >= 15 is 0 Å². The highest BCUT2D eigenvalue weighted by molar-refractivity contribution is 5.97. The molecule has 4 nitrogen and oxygen atoms in total. The third kappa shape index (κ3) is 2.20. The van der Waals surface area contributed by atoms with Crippen molar-refractivity contribution in [1.82, 2.24) is 0 Å². The van der Waals surface area contributed by atoms with Crippen LogP contribution in [0.3, 0.4) is 0 Å². The average Bonchev–Trinajstić information content (AvgIpc) is 2.46. The molecule has 0 heterocycles. The van der Waals surface area contributed by atoms with Crippen LogP contribution in [0.25, 0.3) is 11.1 Å². The predicted octanol–water partition coefficient (Wildman–Crippen LogP) is 2.69. The van der Waals surface area contributed by atoms with Gasteiger partial charge < -0.3 is 9.84 Å². The van der Waals surface area contributed by atoms with Gasteiger partial charge in [-0.2, -0.15) is 0 Å². The molecule has 0 fully saturated rings. The summed E-state index contributed by atoms with van der Waals surface area (Å²) in [5, 5.41) is 9.81.